The molecule has 98 valence electrons. The van der Waals surface area contributed by atoms with E-state index in [1.165, 1.54) is 0 Å². The van der Waals surface area contributed by atoms with Crippen LogP contribution in [0.3, 0.4) is 0 Å². The third-order valence-corrected chi connectivity index (χ3v) is 4.90. The maximum atomic E-state index is 12.0. The molecule has 0 N–H and O–H groups in total. The second kappa shape index (κ2) is 5.63. The van der Waals surface area contributed by atoms with E-state index in [0.717, 1.165) is 0 Å². The molecule has 0 heterocycles. The normalized spacial score (nSPS) is 14.2. The molecule has 0 rings (SSSR count). The van der Waals surface area contributed by atoms with E-state index in [0.29, 0.717) is 0 Å². The molecule has 0 unspecified atom stereocenters. The van der Waals surface area contributed by atoms with Gasteiger partial charge in [0.05, 0.1) is 12.3 Å². The first kappa shape index (κ1) is 16.1. The first-order valence-electron chi connectivity index (χ1n) is 4.24. The van der Waals surface area contributed by atoms with Crippen LogP contribution in [0.25, 0.3) is 0 Å². The molecule has 0 atom stereocenters. The molecule has 0 aliphatic heterocycles. The molecule has 0 aromatic carbocycles. The van der Waals surface area contributed by atoms with Gasteiger partial charge < -0.3 is 4.57 Å². The van der Waals surface area contributed by atoms with Crippen molar-refractivity contribution in [3.8, 4) is 0 Å². The van der Waals surface area contributed by atoms with Gasteiger partial charge in [-0.3, -0.25) is 0 Å². The molecule has 0 saturated carbocycles. The predicted molar refractivity (Wildman–Crippen MR) is 49.7 cm³/mol. The van der Waals surface area contributed by atoms with Crippen LogP contribution in [0, 0.1) is 0 Å². The fourth-order valence-electron chi connectivity index (χ4n) is 1.22. The first-order valence-corrected chi connectivity index (χ1v) is 7.04. The van der Waals surface area contributed by atoms with Crippen molar-refractivity contribution in [2.75, 3.05) is 24.4 Å². The molecular formula is C7H10ClF6OP. The Morgan fingerprint density at radius 3 is 1.56 bits per heavy atom. The Hall–Kier alpha value is 0.100. The van der Waals surface area contributed by atoms with Gasteiger partial charge in [-0.15, -0.1) is 11.6 Å². The van der Waals surface area contributed by atoms with Crippen molar-refractivity contribution in [1.29, 1.82) is 0 Å². The summed E-state index contributed by atoms with van der Waals surface area (Å²) >= 11 is 5.17. The van der Waals surface area contributed by atoms with Gasteiger partial charge in [-0.05, 0) is 6.42 Å². The smallest absolute Gasteiger partial charge is 0.323 e. The summed E-state index contributed by atoms with van der Waals surface area (Å²) in [5, 5.41) is 0. The van der Waals surface area contributed by atoms with Crippen molar-refractivity contribution in [3.63, 3.8) is 0 Å². The second-order valence-electron chi connectivity index (χ2n) is 3.37. The Morgan fingerprint density at radius 2 is 1.31 bits per heavy atom. The van der Waals surface area contributed by atoms with Crippen molar-refractivity contribution in [2.45, 2.75) is 18.8 Å². The lowest BCUT2D eigenvalue weighted by Gasteiger charge is -2.20. The van der Waals surface area contributed by atoms with Gasteiger partial charge in [0, 0.05) is 12.0 Å². The highest BCUT2D eigenvalue weighted by Gasteiger charge is 2.45. The zero-order valence-electron chi connectivity index (χ0n) is 8.04. The summed E-state index contributed by atoms with van der Waals surface area (Å²) in [6.45, 7) is 0. The highest BCUT2D eigenvalue weighted by molar-refractivity contribution is 7.64. The van der Waals surface area contributed by atoms with E-state index >= 15 is 0 Å². The molecule has 0 aromatic rings. The quantitative estimate of drug-likeness (QED) is 0.423. The molecule has 0 aromatic heterocycles. The maximum Gasteiger partial charge on any atom is 0.395 e. The van der Waals surface area contributed by atoms with E-state index in [-0.39, 0.29) is 12.3 Å². The molecule has 0 radical (unpaired) electrons. The Labute approximate surface area is 93.5 Å². The molecule has 9 heteroatoms. The maximum absolute atomic E-state index is 12.0. The molecule has 1 nitrogen and oxygen atoms in total. The van der Waals surface area contributed by atoms with Gasteiger partial charge in [-0.2, -0.15) is 26.3 Å². The Bertz CT molecular complexity index is 241. The number of hydrogen-bond donors (Lipinski definition) is 0. The molecule has 0 saturated heterocycles. The average molecular weight is 291 g/mol. The van der Waals surface area contributed by atoms with Crippen LogP contribution < -0.4 is 0 Å². The lowest BCUT2D eigenvalue weighted by molar-refractivity contribution is -0.112. The van der Waals surface area contributed by atoms with Crippen molar-refractivity contribution >= 4 is 18.7 Å². The van der Waals surface area contributed by atoms with E-state index in [9.17, 15) is 30.9 Å². The minimum absolute atomic E-state index is 0.111. The van der Waals surface area contributed by atoms with Crippen LogP contribution in [-0.2, 0) is 4.57 Å². The SMILES string of the molecule is O=P(CCCCl)(CC(F)(F)F)CC(F)(F)F. The summed E-state index contributed by atoms with van der Waals surface area (Å²) in [5.41, 5.74) is 0. The van der Waals surface area contributed by atoms with Gasteiger partial charge >= 0.3 is 12.4 Å². The zero-order valence-corrected chi connectivity index (χ0v) is 9.69. The molecule has 0 aliphatic carbocycles. The van der Waals surface area contributed by atoms with Crippen LogP contribution in [0.15, 0.2) is 0 Å². The number of rotatable bonds is 5. The van der Waals surface area contributed by atoms with Crippen molar-refractivity contribution in [3.05, 3.63) is 0 Å². The van der Waals surface area contributed by atoms with Crippen LogP contribution >= 0.6 is 18.7 Å². The van der Waals surface area contributed by atoms with Crippen LogP contribution in [0.1, 0.15) is 6.42 Å². The van der Waals surface area contributed by atoms with Crippen LogP contribution in [0.5, 0.6) is 0 Å². The Morgan fingerprint density at radius 1 is 0.938 bits per heavy atom. The van der Waals surface area contributed by atoms with Crippen LogP contribution in [0.4, 0.5) is 26.3 Å². The molecule has 0 aliphatic rings. The fraction of sp³-hybridized carbons (Fsp3) is 1.00. The topological polar surface area (TPSA) is 17.1 Å². The monoisotopic (exact) mass is 290 g/mol. The predicted octanol–water partition coefficient (Wildman–Crippen LogP) is 4.10. The lowest BCUT2D eigenvalue weighted by Crippen LogP contribution is -2.23. The van der Waals surface area contributed by atoms with Crippen LogP contribution in [-0.4, -0.2) is 36.7 Å². The summed E-state index contributed by atoms with van der Waals surface area (Å²) in [6.07, 6.45) is -14.2. The van der Waals surface area contributed by atoms with Crippen molar-refractivity contribution < 1.29 is 30.9 Å². The minimum Gasteiger partial charge on any atom is -0.323 e. The van der Waals surface area contributed by atoms with Gasteiger partial charge in [0.2, 0.25) is 0 Å². The van der Waals surface area contributed by atoms with Crippen molar-refractivity contribution in [2.24, 2.45) is 0 Å². The summed E-state index contributed by atoms with van der Waals surface area (Å²) < 4.78 is 83.4. The first-order chi connectivity index (χ1) is 6.97. The molecular weight excluding hydrogens is 280 g/mol. The van der Waals surface area contributed by atoms with Gasteiger partial charge in [-0.1, -0.05) is 0 Å². The molecule has 0 spiro atoms. The molecule has 0 amide bonds. The lowest BCUT2D eigenvalue weighted by atomic mass is 10.6. The minimum atomic E-state index is -4.85. The van der Waals surface area contributed by atoms with Gasteiger partial charge in [0.15, 0.2) is 0 Å². The van der Waals surface area contributed by atoms with Gasteiger partial charge in [0.25, 0.3) is 0 Å². The summed E-state index contributed by atoms with van der Waals surface area (Å²) in [6, 6.07) is 0. The Balaban J connectivity index is 4.69. The summed E-state index contributed by atoms with van der Waals surface area (Å²) in [7, 11) is -4.31. The summed E-state index contributed by atoms with van der Waals surface area (Å²) in [4.78, 5) is 0. The number of hydrogen-bond acceptors (Lipinski definition) is 1. The standard InChI is InChI=1S/C7H10ClF6OP/c8-2-1-3-16(15,4-6(9,10)11)5-7(12,13)14/h1-5H2. The third kappa shape index (κ3) is 8.28. The van der Waals surface area contributed by atoms with Gasteiger partial charge in [-0.25, -0.2) is 0 Å². The largest absolute Gasteiger partial charge is 0.395 e. The van der Waals surface area contributed by atoms with Crippen LogP contribution in [0.2, 0.25) is 0 Å². The number of halogens is 7. The highest BCUT2D eigenvalue weighted by atomic mass is 35.5. The van der Waals surface area contributed by atoms with Gasteiger partial charge in [0.1, 0.15) is 7.14 Å². The Kier molecular flexibility index (Phi) is 5.66. The van der Waals surface area contributed by atoms with E-state index < -0.39 is 38.0 Å². The van der Waals surface area contributed by atoms with E-state index in [1.54, 1.807) is 0 Å². The highest BCUT2D eigenvalue weighted by Crippen LogP contribution is 2.53. The zero-order chi connectivity index (χ0) is 13.0. The van der Waals surface area contributed by atoms with Crippen molar-refractivity contribution in [1.82, 2.24) is 0 Å². The van der Waals surface area contributed by atoms with E-state index in [1.807, 2.05) is 0 Å². The average Bonchev–Trinajstić information content (AvgIpc) is 1.93. The summed E-state index contributed by atoms with van der Waals surface area (Å²) in [5.74, 6) is -0.111. The third-order valence-electron chi connectivity index (χ3n) is 1.63. The molecule has 0 bridgehead atoms. The fourth-order valence-corrected chi connectivity index (χ4v) is 4.00. The number of alkyl halides is 7. The molecule has 0 fully saturated rings. The second-order valence-corrected chi connectivity index (χ2v) is 6.94. The molecule has 16 heavy (non-hydrogen) atoms. The van der Waals surface area contributed by atoms with E-state index in [4.69, 9.17) is 11.6 Å². The van der Waals surface area contributed by atoms with E-state index in [2.05, 4.69) is 0 Å².